The van der Waals surface area contributed by atoms with E-state index in [1.165, 1.54) is 30.5 Å². The van der Waals surface area contributed by atoms with E-state index in [9.17, 15) is 4.79 Å². The van der Waals surface area contributed by atoms with Crippen LogP contribution in [0, 0.1) is 5.92 Å². The van der Waals surface area contributed by atoms with E-state index in [1.54, 1.807) is 0 Å². The van der Waals surface area contributed by atoms with E-state index in [2.05, 4.69) is 36.2 Å². The number of aromatic nitrogens is 4. The minimum absolute atomic E-state index is 0.118. The van der Waals surface area contributed by atoms with E-state index in [1.807, 2.05) is 24.3 Å². The second-order valence-electron chi connectivity index (χ2n) is 6.96. The molecule has 0 spiro atoms. The van der Waals surface area contributed by atoms with Crippen molar-refractivity contribution in [2.45, 2.75) is 51.1 Å². The molecule has 0 radical (unpaired) electrons. The molecule has 1 amide bonds. The van der Waals surface area contributed by atoms with Crippen molar-refractivity contribution in [3.05, 3.63) is 28.7 Å². The highest BCUT2D eigenvalue weighted by Gasteiger charge is 2.35. The zero-order valence-corrected chi connectivity index (χ0v) is 15.7. The van der Waals surface area contributed by atoms with Crippen molar-refractivity contribution in [3.8, 4) is 11.4 Å². The molecule has 1 saturated heterocycles. The Morgan fingerprint density at radius 2 is 1.96 bits per heavy atom. The third kappa shape index (κ3) is 3.47. The molecular formula is C18H22BrN5O. The van der Waals surface area contributed by atoms with E-state index < -0.39 is 0 Å². The molecule has 0 bridgehead atoms. The van der Waals surface area contributed by atoms with Gasteiger partial charge >= 0.3 is 0 Å². The zero-order valence-electron chi connectivity index (χ0n) is 14.1. The van der Waals surface area contributed by atoms with E-state index in [4.69, 9.17) is 0 Å². The lowest BCUT2D eigenvalue weighted by molar-refractivity contribution is -0.138. The monoisotopic (exact) mass is 403 g/mol. The number of amides is 1. The molecule has 1 aliphatic heterocycles. The average molecular weight is 404 g/mol. The van der Waals surface area contributed by atoms with Crippen LogP contribution >= 0.6 is 15.9 Å². The average Bonchev–Trinajstić information content (AvgIpc) is 3.09. The molecule has 0 unspecified atom stereocenters. The lowest BCUT2D eigenvalue weighted by Gasteiger charge is -2.44. The first-order valence-electron chi connectivity index (χ1n) is 9.04. The van der Waals surface area contributed by atoms with E-state index in [0.29, 0.717) is 17.8 Å². The fourth-order valence-corrected chi connectivity index (χ4v) is 4.67. The molecule has 4 rings (SSSR count). The van der Waals surface area contributed by atoms with Crippen molar-refractivity contribution in [3.63, 3.8) is 0 Å². The van der Waals surface area contributed by atoms with Gasteiger partial charge in [0.25, 0.3) is 0 Å². The summed E-state index contributed by atoms with van der Waals surface area (Å²) in [5, 5.41) is 12.6. The Labute approximate surface area is 155 Å². The number of piperidine rings is 1. The van der Waals surface area contributed by atoms with Gasteiger partial charge in [-0.3, -0.25) is 4.79 Å². The van der Waals surface area contributed by atoms with Crippen LogP contribution < -0.4 is 0 Å². The van der Waals surface area contributed by atoms with Gasteiger partial charge in [-0.15, -0.1) is 10.2 Å². The number of benzene rings is 1. The lowest BCUT2D eigenvalue weighted by Crippen LogP contribution is -2.50. The maximum atomic E-state index is 12.8. The Balaban J connectivity index is 1.47. The first-order valence-corrected chi connectivity index (χ1v) is 9.84. The first kappa shape index (κ1) is 16.7. The Morgan fingerprint density at radius 1 is 1.16 bits per heavy atom. The Hall–Kier alpha value is -1.76. The third-order valence-electron chi connectivity index (χ3n) is 5.41. The summed E-state index contributed by atoms with van der Waals surface area (Å²) in [6, 6.07) is 8.17. The highest BCUT2D eigenvalue weighted by atomic mass is 79.9. The molecule has 25 heavy (non-hydrogen) atoms. The lowest BCUT2D eigenvalue weighted by atomic mass is 9.78. The molecule has 6 nitrogen and oxygen atoms in total. The maximum absolute atomic E-state index is 12.8. The fraction of sp³-hybridized carbons (Fsp3) is 0.556. The van der Waals surface area contributed by atoms with Crippen molar-refractivity contribution in [1.29, 1.82) is 0 Å². The Kier molecular flexibility index (Phi) is 4.83. The number of likely N-dealkylation sites (tertiary alicyclic amines) is 1. The van der Waals surface area contributed by atoms with Gasteiger partial charge in [-0.25, -0.2) is 0 Å². The summed E-state index contributed by atoms with van der Waals surface area (Å²) in [4.78, 5) is 16.3. The normalized spacial score (nSPS) is 23.3. The van der Waals surface area contributed by atoms with E-state index in [-0.39, 0.29) is 12.5 Å². The van der Waals surface area contributed by atoms with Crippen LogP contribution in [-0.4, -0.2) is 43.6 Å². The summed E-state index contributed by atoms with van der Waals surface area (Å²) < 4.78 is 0.918. The van der Waals surface area contributed by atoms with Gasteiger partial charge in [-0.1, -0.05) is 40.9 Å². The molecule has 0 N–H and O–H groups in total. The Bertz CT molecular complexity index is 759. The Morgan fingerprint density at radius 3 is 2.84 bits per heavy atom. The molecule has 132 valence electrons. The highest BCUT2D eigenvalue weighted by molar-refractivity contribution is 9.10. The number of fused-ring (bicyclic) bond motifs is 1. The molecule has 1 saturated carbocycles. The summed E-state index contributed by atoms with van der Waals surface area (Å²) in [6.07, 6.45) is 7.33. The maximum Gasteiger partial charge on any atom is 0.246 e. The standard InChI is InChI=1S/C18H22BrN5O/c19-15-9-3-2-8-14(15)18-20-22-24(21-18)12-17(25)23-11-5-7-13-6-1-4-10-16(13)23/h2-3,8-9,13,16H,1,4-7,10-12H2/t13-,16-/m0/s1. The van der Waals surface area contributed by atoms with Gasteiger partial charge in [0.1, 0.15) is 6.54 Å². The summed E-state index contributed by atoms with van der Waals surface area (Å²) in [6.45, 7) is 1.03. The number of carbonyl (C=O) groups is 1. The number of hydrogen-bond acceptors (Lipinski definition) is 4. The van der Waals surface area contributed by atoms with Crippen LogP contribution in [0.1, 0.15) is 38.5 Å². The highest BCUT2D eigenvalue weighted by Crippen LogP contribution is 2.35. The topological polar surface area (TPSA) is 63.9 Å². The second kappa shape index (κ2) is 7.23. The second-order valence-corrected chi connectivity index (χ2v) is 7.82. The van der Waals surface area contributed by atoms with E-state index >= 15 is 0 Å². The SMILES string of the molecule is O=C(Cn1nnc(-c2ccccc2Br)n1)N1CCC[C@@H]2CCCC[C@@H]21. The van der Waals surface area contributed by atoms with Crippen LogP contribution in [0.15, 0.2) is 28.7 Å². The van der Waals surface area contributed by atoms with Gasteiger partial charge in [0, 0.05) is 22.6 Å². The molecule has 1 aromatic carbocycles. The van der Waals surface area contributed by atoms with Gasteiger partial charge in [0.15, 0.2) is 0 Å². The minimum atomic E-state index is 0.118. The summed E-state index contributed by atoms with van der Waals surface area (Å²) in [5.74, 6) is 1.34. The van der Waals surface area contributed by atoms with Crippen molar-refractivity contribution >= 4 is 21.8 Å². The third-order valence-corrected chi connectivity index (χ3v) is 6.10. The molecule has 2 aromatic rings. The predicted molar refractivity (Wildman–Crippen MR) is 97.6 cm³/mol. The quantitative estimate of drug-likeness (QED) is 0.788. The van der Waals surface area contributed by atoms with Crippen LogP contribution in [0.3, 0.4) is 0 Å². The first-order chi connectivity index (χ1) is 12.2. The number of hydrogen-bond donors (Lipinski definition) is 0. The number of halogens is 1. The zero-order chi connectivity index (χ0) is 17.2. The van der Waals surface area contributed by atoms with Crippen LogP contribution in [-0.2, 0) is 11.3 Å². The van der Waals surface area contributed by atoms with Gasteiger partial charge in [-0.2, -0.15) is 4.80 Å². The van der Waals surface area contributed by atoms with Gasteiger partial charge in [0.05, 0.1) is 0 Å². The van der Waals surface area contributed by atoms with Gasteiger partial charge in [-0.05, 0) is 48.9 Å². The number of tetrazole rings is 1. The largest absolute Gasteiger partial charge is 0.338 e. The van der Waals surface area contributed by atoms with E-state index in [0.717, 1.165) is 29.4 Å². The molecule has 7 heteroatoms. The molecule has 1 aliphatic carbocycles. The smallest absolute Gasteiger partial charge is 0.246 e. The minimum Gasteiger partial charge on any atom is -0.338 e. The number of rotatable bonds is 3. The number of nitrogens with zero attached hydrogens (tertiary/aromatic N) is 5. The summed E-state index contributed by atoms with van der Waals surface area (Å²) in [7, 11) is 0. The predicted octanol–water partition coefficient (Wildman–Crippen LogP) is 3.28. The molecule has 2 atom stereocenters. The molecular weight excluding hydrogens is 382 g/mol. The van der Waals surface area contributed by atoms with Gasteiger partial charge in [0.2, 0.25) is 11.7 Å². The molecule has 1 aromatic heterocycles. The van der Waals surface area contributed by atoms with Crippen molar-refractivity contribution in [2.75, 3.05) is 6.54 Å². The molecule has 2 heterocycles. The van der Waals surface area contributed by atoms with Crippen LogP contribution in [0.4, 0.5) is 0 Å². The van der Waals surface area contributed by atoms with Gasteiger partial charge < -0.3 is 4.90 Å². The van der Waals surface area contributed by atoms with Crippen LogP contribution in [0.5, 0.6) is 0 Å². The van der Waals surface area contributed by atoms with Crippen molar-refractivity contribution < 1.29 is 4.79 Å². The van der Waals surface area contributed by atoms with Crippen molar-refractivity contribution in [1.82, 2.24) is 25.1 Å². The summed E-state index contributed by atoms with van der Waals surface area (Å²) >= 11 is 3.50. The summed E-state index contributed by atoms with van der Waals surface area (Å²) in [5.41, 5.74) is 0.881. The fourth-order valence-electron chi connectivity index (χ4n) is 4.21. The van der Waals surface area contributed by atoms with Crippen LogP contribution in [0.2, 0.25) is 0 Å². The van der Waals surface area contributed by atoms with Crippen molar-refractivity contribution in [2.24, 2.45) is 5.92 Å². The molecule has 2 aliphatic rings. The number of carbonyl (C=O) groups excluding carboxylic acids is 1. The van der Waals surface area contributed by atoms with Crippen LogP contribution in [0.25, 0.3) is 11.4 Å². The molecule has 2 fully saturated rings.